The van der Waals surface area contributed by atoms with Gasteiger partial charge in [-0.15, -0.1) is 0 Å². The van der Waals surface area contributed by atoms with Gasteiger partial charge in [0.05, 0.1) is 11.3 Å². The molecular weight excluding hydrogens is 390 g/mol. The molecule has 0 heterocycles. The molecule has 1 aromatic rings. The number of oxime groups is 1. The van der Waals surface area contributed by atoms with Crippen LogP contribution in [0.3, 0.4) is 0 Å². The van der Waals surface area contributed by atoms with E-state index in [1.807, 2.05) is 0 Å². The molecule has 1 aromatic carbocycles. The van der Waals surface area contributed by atoms with Crippen molar-refractivity contribution < 1.29 is 19.8 Å². The molecule has 0 spiro atoms. The van der Waals surface area contributed by atoms with Crippen LogP contribution in [0.5, 0.6) is 5.75 Å². The number of phenols is 1. The molecule has 5 rings (SSSR count). The SMILES string of the molecule is C[C@]12CC[C@H](OC(=O)c3ccc(O)cc3)CC1=CC[C@@H]1[C@@H]2CC[C@]2(C)/C(=N/O)CC[C@@H]12. The molecule has 0 aromatic heterocycles. The summed E-state index contributed by atoms with van der Waals surface area (Å²) in [5.74, 6) is 1.77. The Labute approximate surface area is 184 Å². The summed E-state index contributed by atoms with van der Waals surface area (Å²) in [6.07, 6.45) is 10.6. The highest BCUT2D eigenvalue weighted by atomic mass is 16.5. The summed E-state index contributed by atoms with van der Waals surface area (Å²) < 4.78 is 5.86. The van der Waals surface area contributed by atoms with Crippen molar-refractivity contribution in [1.82, 2.24) is 0 Å². The van der Waals surface area contributed by atoms with E-state index in [9.17, 15) is 15.1 Å². The zero-order valence-corrected chi connectivity index (χ0v) is 18.5. The van der Waals surface area contributed by atoms with E-state index in [0.29, 0.717) is 23.3 Å². The molecule has 0 amide bonds. The summed E-state index contributed by atoms with van der Waals surface area (Å²) in [6.45, 7) is 4.75. The zero-order chi connectivity index (χ0) is 21.8. The Morgan fingerprint density at radius 1 is 1.06 bits per heavy atom. The standard InChI is InChI=1S/C26H33NO4/c1-25-13-11-19(31-24(29)16-3-6-18(28)7-4-16)15-17(25)5-8-20-21-9-10-23(27-30)26(21,2)14-12-22(20)25/h3-7,19-22,28,30H,8-15H2,1-2H3/b27-23+/t19-,20-,21-,22-,25-,26-/m0/s1. The van der Waals surface area contributed by atoms with Gasteiger partial charge in [0.2, 0.25) is 0 Å². The predicted octanol–water partition coefficient (Wildman–Crippen LogP) is 5.71. The van der Waals surface area contributed by atoms with Crippen molar-refractivity contribution in [1.29, 1.82) is 0 Å². The van der Waals surface area contributed by atoms with Crippen LogP contribution in [-0.2, 0) is 4.74 Å². The van der Waals surface area contributed by atoms with Gasteiger partial charge in [-0.3, -0.25) is 0 Å². The van der Waals surface area contributed by atoms with Crippen molar-refractivity contribution in [2.24, 2.45) is 33.7 Å². The van der Waals surface area contributed by atoms with Crippen LogP contribution in [-0.4, -0.2) is 28.1 Å². The molecule has 3 fully saturated rings. The molecule has 3 saturated carbocycles. The quantitative estimate of drug-likeness (QED) is 0.276. The number of ether oxygens (including phenoxy) is 1. The van der Waals surface area contributed by atoms with E-state index in [1.54, 1.807) is 12.1 Å². The molecule has 166 valence electrons. The van der Waals surface area contributed by atoms with Gasteiger partial charge in [-0.2, -0.15) is 0 Å². The molecule has 0 unspecified atom stereocenters. The van der Waals surface area contributed by atoms with Gasteiger partial charge in [-0.05, 0) is 92.4 Å². The Morgan fingerprint density at radius 2 is 1.77 bits per heavy atom. The molecule has 0 saturated heterocycles. The number of rotatable bonds is 2. The summed E-state index contributed by atoms with van der Waals surface area (Å²) in [5.41, 5.74) is 3.22. The Kier molecular flexibility index (Phi) is 4.91. The zero-order valence-electron chi connectivity index (χ0n) is 18.5. The maximum atomic E-state index is 12.6. The predicted molar refractivity (Wildman–Crippen MR) is 118 cm³/mol. The number of carbonyl (C=O) groups excluding carboxylic acids is 1. The van der Waals surface area contributed by atoms with Crippen molar-refractivity contribution in [3.05, 3.63) is 41.5 Å². The van der Waals surface area contributed by atoms with Crippen molar-refractivity contribution in [3.8, 4) is 5.75 Å². The van der Waals surface area contributed by atoms with Crippen LogP contribution >= 0.6 is 0 Å². The van der Waals surface area contributed by atoms with Gasteiger partial charge >= 0.3 is 5.97 Å². The third-order valence-corrected chi connectivity index (χ3v) is 9.30. The molecule has 0 bridgehead atoms. The van der Waals surface area contributed by atoms with Gasteiger partial charge < -0.3 is 15.1 Å². The van der Waals surface area contributed by atoms with Crippen LogP contribution in [0.1, 0.15) is 75.6 Å². The third-order valence-electron chi connectivity index (χ3n) is 9.30. The van der Waals surface area contributed by atoms with E-state index in [0.717, 1.165) is 50.7 Å². The highest BCUT2D eigenvalue weighted by Crippen LogP contribution is 2.64. The number of phenolic OH excluding ortho intramolecular Hbond substituents is 1. The summed E-state index contributed by atoms with van der Waals surface area (Å²) in [7, 11) is 0. The summed E-state index contributed by atoms with van der Waals surface area (Å²) in [6, 6.07) is 6.26. The van der Waals surface area contributed by atoms with Gasteiger partial charge in [0.1, 0.15) is 11.9 Å². The van der Waals surface area contributed by atoms with Gasteiger partial charge in [0, 0.05) is 11.8 Å². The Morgan fingerprint density at radius 3 is 2.52 bits per heavy atom. The third kappa shape index (κ3) is 3.19. The second kappa shape index (κ2) is 7.39. The fourth-order valence-corrected chi connectivity index (χ4v) is 7.50. The van der Waals surface area contributed by atoms with E-state index in [-0.39, 0.29) is 28.7 Å². The van der Waals surface area contributed by atoms with Crippen LogP contribution in [0.15, 0.2) is 41.1 Å². The minimum Gasteiger partial charge on any atom is -0.508 e. The largest absolute Gasteiger partial charge is 0.508 e. The van der Waals surface area contributed by atoms with Crippen molar-refractivity contribution >= 4 is 11.7 Å². The molecular formula is C26H33NO4. The summed E-state index contributed by atoms with van der Waals surface area (Å²) >= 11 is 0. The van der Waals surface area contributed by atoms with Crippen LogP contribution in [0.2, 0.25) is 0 Å². The number of allylic oxidation sites excluding steroid dienone is 1. The van der Waals surface area contributed by atoms with Gasteiger partial charge in [-0.1, -0.05) is 30.7 Å². The first-order valence-electron chi connectivity index (χ1n) is 11.8. The monoisotopic (exact) mass is 423 g/mol. The number of aromatic hydroxyl groups is 1. The second-order valence-corrected chi connectivity index (χ2v) is 10.6. The Balaban J connectivity index is 1.32. The highest BCUT2D eigenvalue weighted by Gasteiger charge is 2.58. The maximum absolute atomic E-state index is 12.6. The minimum atomic E-state index is -0.307. The lowest BCUT2D eigenvalue weighted by atomic mass is 9.48. The smallest absolute Gasteiger partial charge is 0.338 e. The first-order chi connectivity index (χ1) is 14.8. The number of nitrogens with zero attached hydrogens (tertiary/aromatic N) is 1. The topological polar surface area (TPSA) is 79.1 Å². The van der Waals surface area contributed by atoms with Crippen molar-refractivity contribution in [2.75, 3.05) is 0 Å². The van der Waals surface area contributed by atoms with E-state index < -0.39 is 0 Å². The van der Waals surface area contributed by atoms with Gasteiger partial charge in [0.15, 0.2) is 0 Å². The average Bonchev–Trinajstić information content (AvgIpc) is 3.10. The molecule has 4 aliphatic rings. The second-order valence-electron chi connectivity index (χ2n) is 10.6. The molecule has 5 nitrogen and oxygen atoms in total. The first-order valence-corrected chi connectivity index (χ1v) is 11.8. The van der Waals surface area contributed by atoms with Gasteiger partial charge in [-0.25, -0.2) is 4.79 Å². The number of hydrogen-bond acceptors (Lipinski definition) is 5. The van der Waals surface area contributed by atoms with Crippen molar-refractivity contribution in [2.45, 2.75) is 71.3 Å². The van der Waals surface area contributed by atoms with Crippen LogP contribution in [0.4, 0.5) is 0 Å². The van der Waals surface area contributed by atoms with E-state index >= 15 is 0 Å². The number of hydrogen-bond donors (Lipinski definition) is 2. The summed E-state index contributed by atoms with van der Waals surface area (Å²) in [5, 5.41) is 22.6. The lowest BCUT2D eigenvalue weighted by molar-refractivity contribution is -0.0287. The van der Waals surface area contributed by atoms with E-state index in [1.165, 1.54) is 24.1 Å². The Bertz CT molecular complexity index is 935. The van der Waals surface area contributed by atoms with Crippen molar-refractivity contribution in [3.63, 3.8) is 0 Å². The van der Waals surface area contributed by atoms with Crippen LogP contribution in [0.25, 0.3) is 0 Å². The molecule has 5 heteroatoms. The maximum Gasteiger partial charge on any atom is 0.338 e. The molecule has 6 atom stereocenters. The summed E-state index contributed by atoms with van der Waals surface area (Å²) in [4.78, 5) is 12.6. The highest BCUT2D eigenvalue weighted by molar-refractivity contribution is 5.92. The number of carbonyl (C=O) groups is 1. The lowest BCUT2D eigenvalue weighted by Crippen LogP contribution is -2.50. The lowest BCUT2D eigenvalue weighted by Gasteiger charge is -2.57. The van der Waals surface area contributed by atoms with Gasteiger partial charge in [0.25, 0.3) is 0 Å². The Hall–Kier alpha value is -2.30. The van der Waals surface area contributed by atoms with E-state index in [4.69, 9.17) is 4.74 Å². The first kappa shape index (κ1) is 20.6. The normalized spacial score (nSPS) is 40.5. The number of esters is 1. The fraction of sp³-hybridized carbons (Fsp3) is 0.615. The average molecular weight is 424 g/mol. The number of benzene rings is 1. The molecule has 4 aliphatic carbocycles. The molecule has 0 radical (unpaired) electrons. The molecule has 0 aliphatic heterocycles. The number of fused-ring (bicyclic) bond motifs is 5. The van der Waals surface area contributed by atoms with Crippen LogP contribution in [0, 0.1) is 28.6 Å². The van der Waals surface area contributed by atoms with Crippen LogP contribution < -0.4 is 0 Å². The minimum absolute atomic E-state index is 0.0640. The molecule has 31 heavy (non-hydrogen) atoms. The fourth-order valence-electron chi connectivity index (χ4n) is 7.50. The molecule has 2 N–H and O–H groups in total. The van der Waals surface area contributed by atoms with E-state index in [2.05, 4.69) is 25.1 Å².